The number of ether oxygens (including phenoxy) is 1. The third kappa shape index (κ3) is 9.12. The monoisotopic (exact) mass is 294 g/mol. The number of alkyl carbamates (subject to hydrolysis) is 1. The Hall–Kier alpha value is -1.50. The number of nitrogens with one attached hydrogen (secondary N) is 2. The number of carbonyl (C=O) groups is 3. The van der Waals surface area contributed by atoms with Gasteiger partial charge < -0.3 is 20.5 Å². The van der Waals surface area contributed by atoms with Crippen molar-refractivity contribution in [2.24, 2.45) is 0 Å². The number of rotatable bonds is 6. The van der Waals surface area contributed by atoms with E-state index in [-0.39, 0.29) is 18.8 Å². The molecule has 2 amide bonds. The number of carboxylic acid groups (broad SMARTS) is 1. The zero-order valence-corrected chi connectivity index (χ0v) is 11.9. The molecule has 0 aliphatic heterocycles. The summed E-state index contributed by atoms with van der Waals surface area (Å²) in [7, 11) is 0. The fourth-order valence-electron chi connectivity index (χ4n) is 1.11. The summed E-state index contributed by atoms with van der Waals surface area (Å²) in [6, 6.07) is -1.13. The Balaban J connectivity index is 4.23. The molecule has 19 heavy (non-hydrogen) atoms. The van der Waals surface area contributed by atoms with Crippen LogP contribution < -0.4 is 10.6 Å². The highest BCUT2D eigenvalue weighted by Gasteiger charge is 2.23. The number of carbonyl (C=O) groups excluding carboxylic acids is 2. The predicted molar refractivity (Wildman–Crippen MR) is 69.1 cm³/mol. The molecular formula is C11H19ClN2O5. The molecule has 0 bridgehead atoms. The molecule has 3 N–H and O–H groups in total. The lowest BCUT2D eigenvalue weighted by atomic mass is 10.2. The van der Waals surface area contributed by atoms with Crippen molar-refractivity contribution in [1.82, 2.24) is 10.6 Å². The van der Waals surface area contributed by atoms with E-state index in [1.165, 1.54) is 0 Å². The van der Waals surface area contributed by atoms with Crippen LogP contribution in [-0.2, 0) is 14.3 Å². The lowest BCUT2D eigenvalue weighted by Crippen LogP contribution is -2.45. The van der Waals surface area contributed by atoms with Gasteiger partial charge in [0.2, 0.25) is 5.91 Å². The fraction of sp³-hybridized carbons (Fsp3) is 0.727. The number of halogens is 1. The maximum atomic E-state index is 11.4. The molecule has 0 aromatic carbocycles. The Bertz CT molecular complexity index is 340. The van der Waals surface area contributed by atoms with Gasteiger partial charge in [-0.25, -0.2) is 9.59 Å². The molecule has 1 atom stereocenters. The topological polar surface area (TPSA) is 105 Å². The number of amides is 2. The second-order valence-electron chi connectivity index (χ2n) is 4.81. The molecule has 0 spiro atoms. The molecule has 0 heterocycles. The SMILES string of the molecule is CC(C)(C)OC(=O)NC(CCNC(=O)CCl)C(=O)O. The van der Waals surface area contributed by atoms with E-state index in [1.54, 1.807) is 20.8 Å². The van der Waals surface area contributed by atoms with Crippen LogP contribution in [0.2, 0.25) is 0 Å². The molecule has 0 radical (unpaired) electrons. The summed E-state index contributed by atoms with van der Waals surface area (Å²) in [5.74, 6) is -1.80. The first-order valence-corrected chi connectivity index (χ1v) is 6.24. The first kappa shape index (κ1) is 17.5. The molecule has 0 aliphatic carbocycles. The van der Waals surface area contributed by atoms with Gasteiger partial charge in [0, 0.05) is 6.54 Å². The molecular weight excluding hydrogens is 276 g/mol. The van der Waals surface area contributed by atoms with Crippen LogP contribution in [0.4, 0.5) is 4.79 Å². The lowest BCUT2D eigenvalue weighted by molar-refractivity contribution is -0.139. The quantitative estimate of drug-likeness (QED) is 0.626. The van der Waals surface area contributed by atoms with Gasteiger partial charge >= 0.3 is 12.1 Å². The normalized spacial score (nSPS) is 12.4. The summed E-state index contributed by atoms with van der Waals surface area (Å²) >= 11 is 5.27. The Morgan fingerprint density at radius 1 is 1.32 bits per heavy atom. The van der Waals surface area contributed by atoms with Crippen molar-refractivity contribution in [2.75, 3.05) is 12.4 Å². The van der Waals surface area contributed by atoms with Crippen molar-refractivity contribution in [1.29, 1.82) is 0 Å². The number of carboxylic acids is 1. The van der Waals surface area contributed by atoms with Gasteiger partial charge in [-0.3, -0.25) is 4.79 Å². The van der Waals surface area contributed by atoms with Crippen LogP contribution in [0, 0.1) is 0 Å². The van der Waals surface area contributed by atoms with Crippen LogP contribution in [0.5, 0.6) is 0 Å². The Morgan fingerprint density at radius 3 is 2.32 bits per heavy atom. The average molecular weight is 295 g/mol. The maximum absolute atomic E-state index is 11.4. The van der Waals surface area contributed by atoms with Crippen LogP contribution in [0.15, 0.2) is 0 Å². The molecule has 0 fully saturated rings. The molecule has 1 unspecified atom stereocenters. The maximum Gasteiger partial charge on any atom is 0.408 e. The highest BCUT2D eigenvalue weighted by atomic mass is 35.5. The Morgan fingerprint density at radius 2 is 1.89 bits per heavy atom. The molecule has 8 heteroatoms. The van der Waals surface area contributed by atoms with Crippen LogP contribution in [0.25, 0.3) is 0 Å². The number of hydrogen-bond donors (Lipinski definition) is 3. The van der Waals surface area contributed by atoms with Gasteiger partial charge in [-0.2, -0.15) is 0 Å². The molecule has 0 rings (SSSR count). The smallest absolute Gasteiger partial charge is 0.408 e. The van der Waals surface area contributed by atoms with Crippen LogP contribution in [0.3, 0.4) is 0 Å². The molecule has 0 aromatic rings. The van der Waals surface area contributed by atoms with Crippen molar-refractivity contribution in [3.05, 3.63) is 0 Å². The molecule has 0 aliphatic rings. The third-order valence-electron chi connectivity index (χ3n) is 1.87. The zero-order valence-electron chi connectivity index (χ0n) is 11.2. The minimum Gasteiger partial charge on any atom is -0.480 e. The van der Waals surface area contributed by atoms with E-state index in [9.17, 15) is 14.4 Å². The van der Waals surface area contributed by atoms with E-state index in [0.717, 1.165) is 0 Å². The van der Waals surface area contributed by atoms with Gasteiger partial charge in [0.25, 0.3) is 0 Å². The molecule has 110 valence electrons. The van der Waals surface area contributed by atoms with E-state index in [1.807, 2.05) is 0 Å². The second kappa shape index (κ2) is 7.83. The minimum atomic E-state index is -1.20. The summed E-state index contributed by atoms with van der Waals surface area (Å²) in [4.78, 5) is 33.2. The molecule has 7 nitrogen and oxygen atoms in total. The summed E-state index contributed by atoms with van der Waals surface area (Å²) in [6.07, 6.45) is -0.777. The van der Waals surface area contributed by atoms with Crippen molar-refractivity contribution >= 4 is 29.6 Å². The van der Waals surface area contributed by atoms with Gasteiger partial charge in [0.15, 0.2) is 0 Å². The van der Waals surface area contributed by atoms with E-state index in [0.29, 0.717) is 0 Å². The van der Waals surface area contributed by atoms with E-state index >= 15 is 0 Å². The van der Waals surface area contributed by atoms with Gasteiger partial charge in [-0.15, -0.1) is 11.6 Å². The van der Waals surface area contributed by atoms with Gasteiger partial charge in [-0.1, -0.05) is 0 Å². The minimum absolute atomic E-state index is 0.0389. The van der Waals surface area contributed by atoms with Gasteiger partial charge in [-0.05, 0) is 27.2 Å². The highest BCUT2D eigenvalue weighted by Crippen LogP contribution is 2.07. The van der Waals surface area contributed by atoms with Crippen molar-refractivity contribution in [3.63, 3.8) is 0 Å². The van der Waals surface area contributed by atoms with E-state index in [4.69, 9.17) is 21.4 Å². The lowest BCUT2D eigenvalue weighted by Gasteiger charge is -2.22. The van der Waals surface area contributed by atoms with E-state index < -0.39 is 29.6 Å². The Kier molecular flexibility index (Phi) is 7.21. The zero-order chi connectivity index (χ0) is 15.1. The Labute approximate surface area is 116 Å². The number of aliphatic carboxylic acids is 1. The van der Waals surface area contributed by atoms with Crippen molar-refractivity contribution in [3.8, 4) is 0 Å². The van der Waals surface area contributed by atoms with Crippen molar-refractivity contribution in [2.45, 2.75) is 38.8 Å². The summed E-state index contributed by atoms with van der Waals surface area (Å²) in [5, 5.41) is 13.6. The van der Waals surface area contributed by atoms with Crippen LogP contribution in [0.1, 0.15) is 27.2 Å². The molecule has 0 saturated carbocycles. The van der Waals surface area contributed by atoms with Crippen LogP contribution >= 0.6 is 11.6 Å². The summed E-state index contributed by atoms with van der Waals surface area (Å²) in [5.41, 5.74) is -0.708. The largest absolute Gasteiger partial charge is 0.480 e. The first-order valence-electron chi connectivity index (χ1n) is 5.70. The van der Waals surface area contributed by atoms with Gasteiger partial charge in [0.1, 0.15) is 17.5 Å². The van der Waals surface area contributed by atoms with E-state index in [2.05, 4.69) is 10.6 Å². The third-order valence-corrected chi connectivity index (χ3v) is 2.11. The van der Waals surface area contributed by atoms with Crippen LogP contribution in [-0.4, -0.2) is 47.1 Å². The highest BCUT2D eigenvalue weighted by molar-refractivity contribution is 6.27. The van der Waals surface area contributed by atoms with Gasteiger partial charge in [0.05, 0.1) is 0 Å². The predicted octanol–water partition coefficient (Wildman–Crippen LogP) is 0.709. The number of hydrogen-bond acceptors (Lipinski definition) is 4. The average Bonchev–Trinajstić information content (AvgIpc) is 2.24. The first-order chi connectivity index (χ1) is 8.65. The fourth-order valence-corrected chi connectivity index (χ4v) is 1.20. The molecule has 0 saturated heterocycles. The van der Waals surface area contributed by atoms with Crippen molar-refractivity contribution < 1.29 is 24.2 Å². The summed E-state index contributed by atoms with van der Waals surface area (Å²) in [6.45, 7) is 5.10. The number of alkyl halides is 1. The standard InChI is InChI=1S/C11H19ClN2O5/c1-11(2,3)19-10(18)14-7(9(16)17)4-5-13-8(15)6-12/h7H,4-6H2,1-3H3,(H,13,15)(H,14,18)(H,16,17). The summed E-state index contributed by atoms with van der Waals surface area (Å²) < 4.78 is 4.95. The molecule has 0 aromatic heterocycles. The second-order valence-corrected chi connectivity index (χ2v) is 5.08.